The van der Waals surface area contributed by atoms with Crippen LogP contribution < -0.4 is 0 Å². The molecule has 3 fully saturated rings. The van der Waals surface area contributed by atoms with Crippen LogP contribution in [0.5, 0.6) is 0 Å². The minimum absolute atomic E-state index is 0.0368. The van der Waals surface area contributed by atoms with E-state index in [1.54, 1.807) is 0 Å². The van der Waals surface area contributed by atoms with E-state index in [4.69, 9.17) is 23.7 Å². The van der Waals surface area contributed by atoms with E-state index in [9.17, 15) is 0 Å². The Morgan fingerprint density at radius 1 is 0.857 bits per heavy atom. The minimum atomic E-state index is -0.449. The maximum atomic E-state index is 6.04. The Kier molecular flexibility index (Phi) is 5.17. The maximum absolute atomic E-state index is 6.04. The lowest BCUT2D eigenvalue weighted by Gasteiger charge is -2.16. The minimum Gasteiger partial charge on any atom is -0.373 e. The zero-order valence-corrected chi connectivity index (χ0v) is 13.2. The van der Waals surface area contributed by atoms with Gasteiger partial charge in [0.2, 0.25) is 0 Å². The van der Waals surface area contributed by atoms with Gasteiger partial charge >= 0.3 is 0 Å². The van der Waals surface area contributed by atoms with Gasteiger partial charge in [0.05, 0.1) is 38.1 Å². The first-order chi connectivity index (χ1) is 10.1. The molecular weight excluding hydrogens is 272 g/mol. The fourth-order valence-corrected chi connectivity index (χ4v) is 3.22. The Balaban J connectivity index is 1.32. The van der Waals surface area contributed by atoms with E-state index in [2.05, 4.69) is 0 Å². The van der Waals surface area contributed by atoms with Crippen molar-refractivity contribution in [3.05, 3.63) is 0 Å². The predicted molar refractivity (Wildman–Crippen MR) is 77.0 cm³/mol. The summed E-state index contributed by atoms with van der Waals surface area (Å²) in [4.78, 5) is 0. The number of rotatable bonds is 8. The van der Waals surface area contributed by atoms with E-state index >= 15 is 0 Å². The summed E-state index contributed by atoms with van der Waals surface area (Å²) < 4.78 is 28.3. The standard InChI is InChI=1S/C16H28O5/c1-16(2)20-13(14(21-16)10-12-11-19-12)6-4-3-5-7-15-17-8-9-18-15/h12-15H,3-11H2,1-2H3/t12?,13-,14-/m1/s1. The summed E-state index contributed by atoms with van der Waals surface area (Å²) in [5, 5.41) is 0. The van der Waals surface area contributed by atoms with Crippen LogP contribution in [0.4, 0.5) is 0 Å². The van der Waals surface area contributed by atoms with Crippen LogP contribution in [-0.4, -0.2) is 50.2 Å². The van der Waals surface area contributed by atoms with Gasteiger partial charge in [-0.25, -0.2) is 0 Å². The van der Waals surface area contributed by atoms with Gasteiger partial charge in [0, 0.05) is 6.42 Å². The van der Waals surface area contributed by atoms with Crippen LogP contribution in [-0.2, 0) is 23.7 Å². The normalized spacial score (nSPS) is 35.4. The molecule has 0 amide bonds. The number of epoxide rings is 1. The summed E-state index contributed by atoms with van der Waals surface area (Å²) in [5.41, 5.74) is 0. The Bertz CT molecular complexity index is 323. The van der Waals surface area contributed by atoms with E-state index in [1.165, 1.54) is 12.8 Å². The summed E-state index contributed by atoms with van der Waals surface area (Å²) in [5.74, 6) is -0.449. The molecule has 5 nitrogen and oxygen atoms in total. The van der Waals surface area contributed by atoms with Gasteiger partial charge in [0.15, 0.2) is 12.1 Å². The second kappa shape index (κ2) is 6.92. The summed E-state index contributed by atoms with van der Waals surface area (Å²) in [7, 11) is 0. The molecule has 3 saturated heterocycles. The first kappa shape index (κ1) is 15.7. The van der Waals surface area contributed by atoms with Gasteiger partial charge < -0.3 is 23.7 Å². The molecule has 0 spiro atoms. The molecule has 21 heavy (non-hydrogen) atoms. The molecule has 0 aromatic heterocycles. The number of hydrogen-bond acceptors (Lipinski definition) is 5. The third-order valence-electron chi connectivity index (χ3n) is 4.30. The monoisotopic (exact) mass is 300 g/mol. The molecule has 1 unspecified atom stereocenters. The summed E-state index contributed by atoms with van der Waals surface area (Å²) >= 11 is 0. The van der Waals surface area contributed by atoms with Crippen LogP contribution in [0, 0.1) is 0 Å². The van der Waals surface area contributed by atoms with Crippen molar-refractivity contribution >= 4 is 0 Å². The number of ether oxygens (including phenoxy) is 5. The fourth-order valence-electron chi connectivity index (χ4n) is 3.22. The van der Waals surface area contributed by atoms with Gasteiger partial charge in [-0.15, -0.1) is 0 Å². The molecule has 3 atom stereocenters. The molecular formula is C16H28O5. The number of unbranched alkanes of at least 4 members (excludes halogenated alkanes) is 2. The molecule has 3 rings (SSSR count). The van der Waals surface area contributed by atoms with Crippen molar-refractivity contribution < 1.29 is 23.7 Å². The van der Waals surface area contributed by atoms with E-state index < -0.39 is 5.79 Å². The average molecular weight is 300 g/mol. The van der Waals surface area contributed by atoms with E-state index in [0.717, 1.165) is 45.5 Å². The van der Waals surface area contributed by atoms with Gasteiger partial charge in [-0.1, -0.05) is 12.8 Å². The summed E-state index contributed by atoms with van der Waals surface area (Å²) in [6.07, 6.45) is 7.38. The molecule has 3 heterocycles. The highest BCUT2D eigenvalue weighted by molar-refractivity contribution is 4.86. The molecule has 0 aromatic rings. The molecule has 0 radical (unpaired) electrons. The van der Waals surface area contributed by atoms with Crippen LogP contribution >= 0.6 is 0 Å². The lowest BCUT2D eigenvalue weighted by molar-refractivity contribution is -0.147. The van der Waals surface area contributed by atoms with E-state index in [1.807, 2.05) is 13.8 Å². The van der Waals surface area contributed by atoms with Crippen molar-refractivity contribution in [2.75, 3.05) is 19.8 Å². The number of hydrogen-bond donors (Lipinski definition) is 0. The molecule has 0 saturated carbocycles. The quantitative estimate of drug-likeness (QED) is 0.509. The molecule has 0 bridgehead atoms. The zero-order valence-electron chi connectivity index (χ0n) is 13.2. The first-order valence-electron chi connectivity index (χ1n) is 8.33. The van der Waals surface area contributed by atoms with Crippen LogP contribution in [0.25, 0.3) is 0 Å². The molecule has 122 valence electrons. The van der Waals surface area contributed by atoms with Gasteiger partial charge in [-0.2, -0.15) is 0 Å². The SMILES string of the molecule is CC1(C)O[C@H](CCCCCC2OCCO2)[C@@H](CC2CO2)O1. The van der Waals surface area contributed by atoms with E-state index in [-0.39, 0.29) is 18.5 Å². The molecule has 0 aromatic carbocycles. The topological polar surface area (TPSA) is 49.5 Å². The molecule has 3 aliphatic rings. The van der Waals surface area contributed by atoms with Crippen molar-refractivity contribution in [2.24, 2.45) is 0 Å². The van der Waals surface area contributed by atoms with Gasteiger partial charge in [0.1, 0.15) is 0 Å². The highest BCUT2D eigenvalue weighted by Crippen LogP contribution is 2.35. The third kappa shape index (κ3) is 4.89. The van der Waals surface area contributed by atoms with Gasteiger partial charge in [0.25, 0.3) is 0 Å². The molecule has 0 N–H and O–H groups in total. The van der Waals surface area contributed by atoms with Crippen molar-refractivity contribution in [2.45, 2.75) is 82.8 Å². The van der Waals surface area contributed by atoms with Crippen LogP contribution in [0.15, 0.2) is 0 Å². The predicted octanol–water partition coefficient (Wildman–Crippen LogP) is 2.62. The second-order valence-corrected chi connectivity index (χ2v) is 6.71. The Labute approximate surface area is 127 Å². The Morgan fingerprint density at radius 3 is 2.24 bits per heavy atom. The lowest BCUT2D eigenvalue weighted by atomic mass is 10.0. The smallest absolute Gasteiger partial charge is 0.163 e. The van der Waals surface area contributed by atoms with Crippen molar-refractivity contribution in [1.29, 1.82) is 0 Å². The van der Waals surface area contributed by atoms with E-state index in [0.29, 0.717) is 6.10 Å². The maximum Gasteiger partial charge on any atom is 0.163 e. The van der Waals surface area contributed by atoms with Crippen molar-refractivity contribution in [3.8, 4) is 0 Å². The van der Waals surface area contributed by atoms with Crippen molar-refractivity contribution in [1.82, 2.24) is 0 Å². The highest BCUT2D eigenvalue weighted by Gasteiger charge is 2.43. The fraction of sp³-hybridized carbons (Fsp3) is 1.00. The lowest BCUT2D eigenvalue weighted by Crippen LogP contribution is -2.24. The van der Waals surface area contributed by atoms with Gasteiger partial charge in [-0.05, 0) is 33.1 Å². The van der Waals surface area contributed by atoms with Gasteiger partial charge in [-0.3, -0.25) is 0 Å². The van der Waals surface area contributed by atoms with Crippen LogP contribution in [0.2, 0.25) is 0 Å². The zero-order chi connectivity index (χ0) is 14.7. The summed E-state index contributed by atoms with van der Waals surface area (Å²) in [6, 6.07) is 0. The first-order valence-corrected chi connectivity index (χ1v) is 8.33. The second-order valence-electron chi connectivity index (χ2n) is 6.71. The van der Waals surface area contributed by atoms with Crippen molar-refractivity contribution in [3.63, 3.8) is 0 Å². The molecule has 0 aliphatic carbocycles. The van der Waals surface area contributed by atoms with Crippen LogP contribution in [0.1, 0.15) is 52.4 Å². The Morgan fingerprint density at radius 2 is 1.52 bits per heavy atom. The largest absolute Gasteiger partial charge is 0.373 e. The highest BCUT2D eigenvalue weighted by atomic mass is 16.8. The average Bonchev–Trinajstić information content (AvgIpc) is 2.98. The molecule has 5 heteroatoms. The Hall–Kier alpha value is -0.200. The third-order valence-corrected chi connectivity index (χ3v) is 4.30. The van der Waals surface area contributed by atoms with Crippen LogP contribution in [0.3, 0.4) is 0 Å². The molecule has 3 aliphatic heterocycles. The summed E-state index contributed by atoms with van der Waals surface area (Å²) in [6.45, 7) is 6.38.